The molecule has 1 amide bonds. The van der Waals surface area contributed by atoms with Crippen molar-refractivity contribution in [2.45, 2.75) is 23.7 Å². The summed E-state index contributed by atoms with van der Waals surface area (Å²) in [4.78, 5) is 24.2. The van der Waals surface area contributed by atoms with Crippen LogP contribution in [0.3, 0.4) is 0 Å². The third-order valence-electron chi connectivity index (χ3n) is 3.17. The van der Waals surface area contributed by atoms with Crippen LogP contribution in [0.2, 0.25) is 0 Å². The summed E-state index contributed by atoms with van der Waals surface area (Å²) < 4.78 is 56.4. The monoisotopic (exact) mass is 387 g/mol. The molecular formula is C17H13F4NO3S. The molecule has 0 spiro atoms. The van der Waals surface area contributed by atoms with Gasteiger partial charge in [0.15, 0.2) is 6.10 Å². The number of anilines is 1. The lowest BCUT2D eigenvalue weighted by Gasteiger charge is -2.15. The largest absolute Gasteiger partial charge is 0.449 e. The Morgan fingerprint density at radius 2 is 1.81 bits per heavy atom. The Hall–Kier alpha value is -2.55. The maximum absolute atomic E-state index is 13.5. The predicted molar refractivity (Wildman–Crippen MR) is 88.2 cm³/mol. The molecule has 0 saturated carbocycles. The van der Waals surface area contributed by atoms with Crippen LogP contribution in [-0.4, -0.2) is 23.7 Å². The lowest BCUT2D eigenvalue weighted by atomic mass is 10.2. The molecule has 0 radical (unpaired) electrons. The first-order valence-electron chi connectivity index (χ1n) is 7.28. The maximum atomic E-state index is 13.5. The van der Waals surface area contributed by atoms with Gasteiger partial charge in [-0.15, -0.1) is 0 Å². The van der Waals surface area contributed by atoms with Crippen molar-refractivity contribution in [1.82, 2.24) is 0 Å². The van der Waals surface area contributed by atoms with E-state index in [4.69, 9.17) is 4.74 Å². The van der Waals surface area contributed by atoms with Gasteiger partial charge in [0, 0.05) is 11.0 Å². The molecule has 138 valence electrons. The first-order chi connectivity index (χ1) is 12.3. The number of esters is 1. The fraction of sp³-hybridized carbons (Fsp3) is 0.176. The van der Waals surface area contributed by atoms with Gasteiger partial charge < -0.3 is 10.1 Å². The van der Waals surface area contributed by atoms with Gasteiger partial charge in [0.1, 0.15) is 11.6 Å². The van der Waals surface area contributed by atoms with Crippen molar-refractivity contribution >= 4 is 29.3 Å². The van der Waals surface area contributed by atoms with E-state index < -0.39 is 35.4 Å². The summed E-state index contributed by atoms with van der Waals surface area (Å²) in [5.41, 5.74) is -0.404. The zero-order valence-electron chi connectivity index (χ0n) is 13.3. The van der Waals surface area contributed by atoms with Crippen LogP contribution in [0.15, 0.2) is 47.4 Å². The Balaban J connectivity index is 2.06. The van der Waals surface area contributed by atoms with Crippen LogP contribution in [0.1, 0.15) is 17.3 Å². The Kier molecular flexibility index (Phi) is 6.62. The number of ether oxygens (including phenoxy) is 1. The summed E-state index contributed by atoms with van der Waals surface area (Å²) >= 11 is 0.175. The lowest BCUT2D eigenvalue weighted by Crippen LogP contribution is -2.30. The highest BCUT2D eigenvalue weighted by Crippen LogP contribution is 2.29. The molecule has 0 heterocycles. The lowest BCUT2D eigenvalue weighted by molar-refractivity contribution is -0.123. The van der Waals surface area contributed by atoms with Crippen LogP contribution >= 0.6 is 11.8 Å². The molecule has 4 nitrogen and oxygen atoms in total. The van der Waals surface area contributed by atoms with Crippen molar-refractivity contribution in [3.05, 3.63) is 59.7 Å². The average Bonchev–Trinajstić information content (AvgIpc) is 2.57. The van der Waals surface area contributed by atoms with E-state index in [1.54, 1.807) is 0 Å². The number of rotatable bonds is 6. The molecule has 0 aromatic heterocycles. The number of carbonyl (C=O) groups is 2. The smallest absolute Gasteiger partial charge is 0.340 e. The van der Waals surface area contributed by atoms with E-state index in [1.807, 2.05) is 0 Å². The number of hydrogen-bond donors (Lipinski definition) is 1. The van der Waals surface area contributed by atoms with Crippen LogP contribution in [0.5, 0.6) is 0 Å². The molecule has 0 aliphatic carbocycles. The summed E-state index contributed by atoms with van der Waals surface area (Å²) in [6.07, 6.45) is -1.34. The third-order valence-corrected chi connectivity index (χ3v) is 3.95. The number of alkyl halides is 2. The Bertz CT molecular complexity index is 816. The van der Waals surface area contributed by atoms with Crippen molar-refractivity contribution < 1.29 is 31.9 Å². The minimum Gasteiger partial charge on any atom is -0.449 e. The summed E-state index contributed by atoms with van der Waals surface area (Å²) in [6.45, 7) is 1.23. The first-order valence-corrected chi connectivity index (χ1v) is 8.16. The molecule has 2 aromatic rings. The molecule has 2 aromatic carbocycles. The number of amides is 1. The van der Waals surface area contributed by atoms with Gasteiger partial charge in [-0.05, 0) is 31.2 Å². The Morgan fingerprint density at radius 3 is 2.46 bits per heavy atom. The number of carbonyl (C=O) groups excluding carboxylic acids is 2. The second kappa shape index (κ2) is 8.70. The van der Waals surface area contributed by atoms with E-state index in [9.17, 15) is 27.2 Å². The molecule has 0 saturated heterocycles. The molecule has 9 heteroatoms. The normalized spacial score (nSPS) is 11.9. The molecule has 0 bridgehead atoms. The number of thioether (sulfide) groups is 1. The van der Waals surface area contributed by atoms with Gasteiger partial charge in [0.25, 0.3) is 11.7 Å². The van der Waals surface area contributed by atoms with Crippen molar-refractivity contribution in [1.29, 1.82) is 0 Å². The minimum atomic E-state index is -2.73. The highest BCUT2D eigenvalue weighted by molar-refractivity contribution is 7.99. The molecule has 2 rings (SSSR count). The number of hydrogen-bond acceptors (Lipinski definition) is 4. The maximum Gasteiger partial charge on any atom is 0.340 e. The zero-order chi connectivity index (χ0) is 19.3. The molecular weight excluding hydrogens is 374 g/mol. The summed E-state index contributed by atoms with van der Waals surface area (Å²) in [7, 11) is 0. The van der Waals surface area contributed by atoms with Gasteiger partial charge in [-0.3, -0.25) is 4.79 Å². The highest BCUT2D eigenvalue weighted by Gasteiger charge is 2.22. The summed E-state index contributed by atoms with van der Waals surface area (Å²) in [5, 5.41) is 2.16. The van der Waals surface area contributed by atoms with Gasteiger partial charge in [0.05, 0.1) is 11.3 Å². The quantitative estimate of drug-likeness (QED) is 0.452. The zero-order valence-corrected chi connectivity index (χ0v) is 14.2. The van der Waals surface area contributed by atoms with Gasteiger partial charge in [-0.2, -0.15) is 8.78 Å². The van der Waals surface area contributed by atoms with E-state index in [-0.39, 0.29) is 27.9 Å². The average molecular weight is 387 g/mol. The second-order valence-corrected chi connectivity index (χ2v) is 6.07. The van der Waals surface area contributed by atoms with Gasteiger partial charge in [-0.1, -0.05) is 23.9 Å². The molecule has 26 heavy (non-hydrogen) atoms. The number of nitrogens with one attached hydrogen (secondary N) is 1. The fourth-order valence-corrected chi connectivity index (χ4v) is 2.56. The van der Waals surface area contributed by atoms with Crippen molar-refractivity contribution in [3.63, 3.8) is 0 Å². The fourth-order valence-electron chi connectivity index (χ4n) is 1.94. The van der Waals surface area contributed by atoms with Crippen molar-refractivity contribution in [2.75, 3.05) is 5.32 Å². The number of halogens is 4. The molecule has 0 aliphatic rings. The molecule has 0 fully saturated rings. The Labute approximate surface area is 150 Å². The van der Waals surface area contributed by atoms with Crippen molar-refractivity contribution in [3.8, 4) is 0 Å². The summed E-state index contributed by atoms with van der Waals surface area (Å²) in [5.74, 6) is -6.37. The standard InChI is InChI=1S/C17H13F4NO3S/c1-9(15(23)22-13-7-6-10(18)8-12(13)19)25-16(24)11-4-2-3-5-14(11)26-17(20)21/h2-9,17H,1H3,(H,22,23)/t9-/m1/s1. The van der Waals surface area contributed by atoms with Crippen LogP contribution in [0, 0.1) is 11.6 Å². The topological polar surface area (TPSA) is 55.4 Å². The van der Waals surface area contributed by atoms with Crippen LogP contribution in [-0.2, 0) is 9.53 Å². The van der Waals surface area contributed by atoms with Gasteiger partial charge in [0.2, 0.25) is 0 Å². The first kappa shape index (κ1) is 19.8. The summed E-state index contributed by atoms with van der Waals surface area (Å²) in [6, 6.07) is 8.12. The van der Waals surface area contributed by atoms with E-state index in [1.165, 1.54) is 31.2 Å². The van der Waals surface area contributed by atoms with E-state index in [2.05, 4.69) is 5.32 Å². The van der Waals surface area contributed by atoms with E-state index in [0.29, 0.717) is 6.07 Å². The molecule has 0 aliphatic heterocycles. The van der Waals surface area contributed by atoms with E-state index >= 15 is 0 Å². The van der Waals surface area contributed by atoms with Crippen LogP contribution < -0.4 is 5.32 Å². The third kappa shape index (κ3) is 5.22. The molecule has 0 unspecified atom stereocenters. The van der Waals surface area contributed by atoms with Gasteiger partial charge >= 0.3 is 5.97 Å². The van der Waals surface area contributed by atoms with E-state index in [0.717, 1.165) is 12.1 Å². The molecule has 1 atom stereocenters. The number of benzene rings is 2. The van der Waals surface area contributed by atoms with Crippen LogP contribution in [0.4, 0.5) is 23.2 Å². The second-order valence-electron chi connectivity index (χ2n) is 5.04. The van der Waals surface area contributed by atoms with Crippen molar-refractivity contribution in [2.24, 2.45) is 0 Å². The van der Waals surface area contributed by atoms with Crippen LogP contribution in [0.25, 0.3) is 0 Å². The SMILES string of the molecule is C[C@@H](OC(=O)c1ccccc1SC(F)F)C(=O)Nc1ccc(F)cc1F. The minimum absolute atomic E-state index is 0.00434. The van der Waals surface area contributed by atoms with Gasteiger partial charge in [-0.25, -0.2) is 13.6 Å². The predicted octanol–water partition coefficient (Wildman–Crippen LogP) is 4.46. The molecule has 1 N–H and O–H groups in total. The highest BCUT2D eigenvalue weighted by atomic mass is 32.2. The Morgan fingerprint density at radius 1 is 1.12 bits per heavy atom.